The van der Waals surface area contributed by atoms with Gasteiger partial charge in [0.15, 0.2) is 0 Å². The zero-order valence-electron chi connectivity index (χ0n) is 12.1. The number of hydrogen-bond acceptors (Lipinski definition) is 2. The molecule has 0 aromatic rings. The number of hydrogen-bond donors (Lipinski definition) is 1. The van der Waals surface area contributed by atoms with E-state index >= 15 is 0 Å². The van der Waals surface area contributed by atoms with Crippen LogP contribution in [-0.4, -0.2) is 35.0 Å². The van der Waals surface area contributed by atoms with Gasteiger partial charge in [-0.25, -0.2) is 0 Å². The number of nitrogens with zero attached hydrogens (tertiary/aromatic N) is 1. The Kier molecular flexibility index (Phi) is 3.99. The number of likely N-dealkylation sites (tertiary alicyclic amines) is 1. The predicted octanol–water partition coefficient (Wildman–Crippen LogP) is 2.53. The van der Waals surface area contributed by atoms with E-state index in [0.29, 0.717) is 11.8 Å². The van der Waals surface area contributed by atoms with E-state index in [1.165, 1.54) is 25.7 Å². The summed E-state index contributed by atoms with van der Waals surface area (Å²) in [7, 11) is 0. The number of carbonyl (C=O) groups is 2. The molecule has 20 heavy (non-hydrogen) atoms. The molecule has 0 aromatic heterocycles. The predicted molar refractivity (Wildman–Crippen MR) is 75.1 cm³/mol. The van der Waals surface area contributed by atoms with Crippen LogP contribution in [0.25, 0.3) is 0 Å². The van der Waals surface area contributed by atoms with Gasteiger partial charge in [-0.15, -0.1) is 0 Å². The summed E-state index contributed by atoms with van der Waals surface area (Å²) in [4.78, 5) is 25.1. The van der Waals surface area contributed by atoms with Crippen molar-refractivity contribution >= 4 is 11.9 Å². The molecule has 3 fully saturated rings. The lowest BCUT2D eigenvalue weighted by molar-refractivity contribution is -0.138. The highest BCUT2D eigenvalue weighted by Crippen LogP contribution is 2.49. The fourth-order valence-electron chi connectivity index (χ4n) is 4.61. The Labute approximate surface area is 120 Å². The van der Waals surface area contributed by atoms with E-state index in [1.54, 1.807) is 0 Å². The molecule has 3 rings (SSSR count). The van der Waals surface area contributed by atoms with Gasteiger partial charge in [-0.3, -0.25) is 9.59 Å². The van der Waals surface area contributed by atoms with Gasteiger partial charge in [-0.1, -0.05) is 6.42 Å². The van der Waals surface area contributed by atoms with Gasteiger partial charge in [-0.2, -0.15) is 0 Å². The lowest BCUT2D eigenvalue weighted by atomic mass is 9.85. The van der Waals surface area contributed by atoms with Crippen molar-refractivity contribution < 1.29 is 14.7 Å². The van der Waals surface area contributed by atoms with E-state index in [9.17, 15) is 9.59 Å². The summed E-state index contributed by atoms with van der Waals surface area (Å²) in [6.45, 7) is 1.52. The van der Waals surface area contributed by atoms with Gasteiger partial charge in [0, 0.05) is 25.9 Å². The van der Waals surface area contributed by atoms with Gasteiger partial charge < -0.3 is 10.0 Å². The van der Waals surface area contributed by atoms with E-state index in [0.717, 1.165) is 44.2 Å². The van der Waals surface area contributed by atoms with Gasteiger partial charge >= 0.3 is 5.97 Å². The first kappa shape index (κ1) is 13.9. The van der Waals surface area contributed by atoms with Crippen molar-refractivity contribution in [3.05, 3.63) is 0 Å². The van der Waals surface area contributed by atoms with Crippen LogP contribution < -0.4 is 0 Å². The van der Waals surface area contributed by atoms with E-state index in [1.807, 2.05) is 4.90 Å². The molecule has 1 heterocycles. The first-order valence-electron chi connectivity index (χ1n) is 8.11. The fourth-order valence-corrected chi connectivity index (χ4v) is 4.61. The quantitative estimate of drug-likeness (QED) is 0.860. The molecule has 4 heteroatoms. The number of piperidine rings is 1. The van der Waals surface area contributed by atoms with Crippen molar-refractivity contribution in [1.82, 2.24) is 4.90 Å². The third-order valence-corrected chi connectivity index (χ3v) is 5.75. The number of fused-ring (bicyclic) bond motifs is 2. The summed E-state index contributed by atoms with van der Waals surface area (Å²) in [5.41, 5.74) is 0. The molecule has 2 bridgehead atoms. The molecule has 0 spiro atoms. The zero-order chi connectivity index (χ0) is 14.1. The monoisotopic (exact) mass is 279 g/mol. The van der Waals surface area contributed by atoms with Gasteiger partial charge in [-0.05, 0) is 55.8 Å². The minimum Gasteiger partial charge on any atom is -0.481 e. The molecule has 3 atom stereocenters. The van der Waals surface area contributed by atoms with Crippen molar-refractivity contribution in [2.24, 2.45) is 23.7 Å². The Bertz CT molecular complexity index is 387. The van der Waals surface area contributed by atoms with Crippen LogP contribution in [0.15, 0.2) is 0 Å². The number of rotatable bonds is 4. The second kappa shape index (κ2) is 5.74. The number of carboxylic acids is 1. The molecule has 3 unspecified atom stereocenters. The highest BCUT2D eigenvalue weighted by Gasteiger charge is 2.40. The maximum atomic E-state index is 12.4. The standard InChI is InChI=1S/C16H25NO3/c18-15(10-14-8-12-1-2-13(14)7-12)17-5-3-11(4-6-17)9-16(19)20/h11-14H,1-10H2,(H,19,20). The Balaban J connectivity index is 1.44. The maximum absolute atomic E-state index is 12.4. The normalized spacial score (nSPS) is 33.6. The Morgan fingerprint density at radius 3 is 2.30 bits per heavy atom. The highest BCUT2D eigenvalue weighted by molar-refractivity contribution is 5.76. The molecule has 0 aromatic carbocycles. The van der Waals surface area contributed by atoms with Gasteiger partial charge in [0.1, 0.15) is 0 Å². The average molecular weight is 279 g/mol. The van der Waals surface area contributed by atoms with E-state index in [2.05, 4.69) is 0 Å². The third kappa shape index (κ3) is 2.99. The second-order valence-electron chi connectivity index (χ2n) is 7.06. The van der Waals surface area contributed by atoms with Crippen molar-refractivity contribution in [3.63, 3.8) is 0 Å². The smallest absolute Gasteiger partial charge is 0.303 e. The molecular weight excluding hydrogens is 254 g/mol. The van der Waals surface area contributed by atoms with Crippen molar-refractivity contribution in [2.45, 2.75) is 51.4 Å². The van der Waals surface area contributed by atoms with Crippen LogP contribution in [0, 0.1) is 23.7 Å². The molecule has 2 saturated carbocycles. The van der Waals surface area contributed by atoms with E-state index < -0.39 is 5.97 Å². The van der Waals surface area contributed by atoms with Gasteiger partial charge in [0.25, 0.3) is 0 Å². The fraction of sp³-hybridized carbons (Fsp3) is 0.875. The summed E-state index contributed by atoms with van der Waals surface area (Å²) in [5.74, 6) is 2.22. The average Bonchev–Trinajstić information content (AvgIpc) is 3.01. The molecule has 1 saturated heterocycles. The Morgan fingerprint density at radius 1 is 1.00 bits per heavy atom. The highest BCUT2D eigenvalue weighted by atomic mass is 16.4. The van der Waals surface area contributed by atoms with Crippen LogP contribution in [-0.2, 0) is 9.59 Å². The van der Waals surface area contributed by atoms with Gasteiger partial charge in [0.05, 0.1) is 0 Å². The maximum Gasteiger partial charge on any atom is 0.303 e. The van der Waals surface area contributed by atoms with Crippen LogP contribution in [0.1, 0.15) is 51.4 Å². The molecule has 1 amide bonds. The lowest BCUT2D eigenvalue weighted by Gasteiger charge is -2.33. The second-order valence-corrected chi connectivity index (χ2v) is 7.06. The van der Waals surface area contributed by atoms with Crippen LogP contribution in [0.2, 0.25) is 0 Å². The number of amides is 1. The molecule has 1 aliphatic heterocycles. The van der Waals surface area contributed by atoms with Crippen molar-refractivity contribution in [2.75, 3.05) is 13.1 Å². The summed E-state index contributed by atoms with van der Waals surface area (Å²) >= 11 is 0. The summed E-state index contributed by atoms with van der Waals surface area (Å²) < 4.78 is 0. The number of carboxylic acid groups (broad SMARTS) is 1. The minimum atomic E-state index is -0.711. The largest absolute Gasteiger partial charge is 0.481 e. The molecule has 3 aliphatic rings. The zero-order valence-corrected chi connectivity index (χ0v) is 12.1. The van der Waals surface area contributed by atoms with Crippen LogP contribution in [0.5, 0.6) is 0 Å². The number of aliphatic carboxylic acids is 1. The minimum absolute atomic E-state index is 0.258. The third-order valence-electron chi connectivity index (χ3n) is 5.75. The van der Waals surface area contributed by atoms with Crippen LogP contribution >= 0.6 is 0 Å². The van der Waals surface area contributed by atoms with E-state index in [4.69, 9.17) is 5.11 Å². The SMILES string of the molecule is O=C(O)CC1CCN(C(=O)CC2CC3CCC2C3)CC1. The Morgan fingerprint density at radius 2 is 1.75 bits per heavy atom. The Hall–Kier alpha value is -1.06. The topological polar surface area (TPSA) is 57.6 Å². The summed E-state index contributed by atoms with van der Waals surface area (Å²) in [5, 5.41) is 8.81. The molecular formula is C16H25NO3. The van der Waals surface area contributed by atoms with Crippen molar-refractivity contribution in [3.8, 4) is 0 Å². The molecule has 0 radical (unpaired) electrons. The lowest BCUT2D eigenvalue weighted by Crippen LogP contribution is -2.40. The van der Waals surface area contributed by atoms with Crippen LogP contribution in [0.4, 0.5) is 0 Å². The molecule has 2 aliphatic carbocycles. The summed E-state index contributed by atoms with van der Waals surface area (Å²) in [6.07, 6.45) is 8.06. The molecule has 1 N–H and O–H groups in total. The van der Waals surface area contributed by atoms with Crippen molar-refractivity contribution in [1.29, 1.82) is 0 Å². The molecule has 4 nitrogen and oxygen atoms in total. The summed E-state index contributed by atoms with van der Waals surface area (Å²) in [6, 6.07) is 0. The van der Waals surface area contributed by atoms with Gasteiger partial charge in [0.2, 0.25) is 5.91 Å². The number of carbonyl (C=O) groups excluding carboxylic acids is 1. The first-order chi connectivity index (χ1) is 9.61. The first-order valence-corrected chi connectivity index (χ1v) is 8.11. The molecule has 112 valence electrons. The van der Waals surface area contributed by atoms with E-state index in [-0.39, 0.29) is 12.3 Å². The van der Waals surface area contributed by atoms with Crippen LogP contribution in [0.3, 0.4) is 0 Å².